The minimum Gasteiger partial charge on any atom is -0.466 e. The van der Waals surface area contributed by atoms with Gasteiger partial charge in [-0.1, -0.05) is 26.2 Å². The molecule has 0 bridgehead atoms. The largest absolute Gasteiger partial charge is 0.466 e. The Balaban J connectivity index is 3.91. The average Bonchev–Trinajstić information content (AvgIpc) is 2.55. The number of amides is 2. The number of hydrogen-bond donors (Lipinski definition) is 2. The Bertz CT molecular complexity index is 374. The van der Waals surface area contributed by atoms with E-state index in [0.717, 1.165) is 32.1 Å². The summed E-state index contributed by atoms with van der Waals surface area (Å²) in [4.78, 5) is 34.8. The summed E-state index contributed by atoms with van der Waals surface area (Å²) in [5.74, 6) is -0.577. The van der Waals surface area contributed by atoms with E-state index in [2.05, 4.69) is 10.6 Å². The highest BCUT2D eigenvalue weighted by Crippen LogP contribution is 2.03. The Morgan fingerprint density at radius 2 is 1.62 bits per heavy atom. The number of carbonyl (C=O) groups excluding carboxylic acids is 3. The second kappa shape index (κ2) is 14.8. The van der Waals surface area contributed by atoms with Crippen LogP contribution in [-0.4, -0.2) is 43.8 Å². The zero-order valence-corrected chi connectivity index (χ0v) is 15.2. The lowest BCUT2D eigenvalue weighted by molar-refractivity contribution is -0.145. The third kappa shape index (κ3) is 11.7. The molecule has 0 spiro atoms. The van der Waals surface area contributed by atoms with E-state index in [1.165, 1.54) is 0 Å². The molecule has 1 unspecified atom stereocenters. The molecule has 2 amide bonds. The number of nitrogens with one attached hydrogen (secondary N) is 2. The third-order valence-corrected chi connectivity index (χ3v) is 3.37. The van der Waals surface area contributed by atoms with Crippen molar-refractivity contribution in [1.29, 1.82) is 0 Å². The maximum Gasteiger partial charge on any atom is 0.328 e. The van der Waals surface area contributed by atoms with E-state index in [4.69, 9.17) is 9.47 Å². The molecule has 2 N–H and O–H groups in total. The number of esters is 2. The van der Waals surface area contributed by atoms with Gasteiger partial charge in [-0.25, -0.2) is 9.59 Å². The van der Waals surface area contributed by atoms with Crippen LogP contribution in [0.25, 0.3) is 0 Å². The van der Waals surface area contributed by atoms with Gasteiger partial charge in [-0.2, -0.15) is 0 Å². The lowest BCUT2D eigenvalue weighted by Crippen LogP contribution is -2.46. The number of ether oxygens (including phenoxy) is 2. The molecule has 0 aromatic rings. The van der Waals surface area contributed by atoms with Gasteiger partial charge in [0.15, 0.2) is 0 Å². The highest BCUT2D eigenvalue weighted by atomic mass is 16.5. The molecule has 0 aliphatic heterocycles. The lowest BCUT2D eigenvalue weighted by atomic mass is 10.1. The molecule has 0 rings (SSSR count). The topological polar surface area (TPSA) is 93.7 Å². The van der Waals surface area contributed by atoms with Crippen LogP contribution in [-0.2, 0) is 19.1 Å². The van der Waals surface area contributed by atoms with E-state index in [-0.39, 0.29) is 12.0 Å². The fourth-order valence-corrected chi connectivity index (χ4v) is 2.12. The first-order chi connectivity index (χ1) is 11.5. The van der Waals surface area contributed by atoms with E-state index >= 15 is 0 Å². The van der Waals surface area contributed by atoms with Gasteiger partial charge in [0, 0.05) is 13.0 Å². The number of urea groups is 1. The van der Waals surface area contributed by atoms with Crippen molar-refractivity contribution in [3.63, 3.8) is 0 Å². The second-order valence-corrected chi connectivity index (χ2v) is 5.46. The Labute approximate surface area is 144 Å². The van der Waals surface area contributed by atoms with Crippen molar-refractivity contribution in [3.05, 3.63) is 0 Å². The van der Waals surface area contributed by atoms with Crippen LogP contribution < -0.4 is 10.6 Å². The molecule has 0 aromatic heterocycles. The molecule has 7 heteroatoms. The van der Waals surface area contributed by atoms with Crippen molar-refractivity contribution in [2.45, 2.75) is 71.8 Å². The molecular weight excluding hydrogens is 312 g/mol. The van der Waals surface area contributed by atoms with Gasteiger partial charge >= 0.3 is 18.0 Å². The minimum atomic E-state index is -0.603. The minimum absolute atomic E-state index is 0.184. The van der Waals surface area contributed by atoms with Gasteiger partial charge in [-0.3, -0.25) is 4.79 Å². The first-order valence-corrected chi connectivity index (χ1v) is 8.91. The molecule has 0 heterocycles. The molecule has 0 aliphatic carbocycles. The summed E-state index contributed by atoms with van der Waals surface area (Å²) in [5, 5.41) is 5.39. The molecule has 0 saturated heterocycles. The van der Waals surface area contributed by atoms with E-state index in [1.807, 2.05) is 6.92 Å². The normalized spacial score (nSPS) is 11.5. The first kappa shape index (κ1) is 22.2. The maximum absolute atomic E-state index is 11.8. The monoisotopic (exact) mass is 344 g/mol. The van der Waals surface area contributed by atoms with Gasteiger partial charge in [0.25, 0.3) is 0 Å². The van der Waals surface area contributed by atoms with E-state index in [1.54, 1.807) is 13.8 Å². The summed E-state index contributed by atoms with van der Waals surface area (Å²) < 4.78 is 9.82. The van der Waals surface area contributed by atoms with Gasteiger partial charge in [-0.15, -0.1) is 0 Å². The number of unbranched alkanes of at least 4 members (excludes halogenated alkanes) is 3. The van der Waals surface area contributed by atoms with Crippen molar-refractivity contribution in [1.82, 2.24) is 10.6 Å². The van der Waals surface area contributed by atoms with Crippen molar-refractivity contribution >= 4 is 18.0 Å². The molecule has 0 aromatic carbocycles. The quantitative estimate of drug-likeness (QED) is 0.395. The predicted molar refractivity (Wildman–Crippen MR) is 91.6 cm³/mol. The van der Waals surface area contributed by atoms with Crippen LogP contribution in [0.15, 0.2) is 0 Å². The summed E-state index contributed by atoms with van der Waals surface area (Å²) in [5.41, 5.74) is 0. The molecule has 140 valence electrons. The summed E-state index contributed by atoms with van der Waals surface area (Å²) in [6.45, 7) is 6.75. The van der Waals surface area contributed by atoms with Gasteiger partial charge in [0.1, 0.15) is 6.04 Å². The Morgan fingerprint density at radius 1 is 0.917 bits per heavy atom. The van der Waals surface area contributed by atoms with E-state index in [0.29, 0.717) is 32.6 Å². The van der Waals surface area contributed by atoms with Crippen molar-refractivity contribution in [3.8, 4) is 0 Å². The molecule has 0 saturated carbocycles. The van der Waals surface area contributed by atoms with Crippen LogP contribution in [0, 0.1) is 0 Å². The molecule has 24 heavy (non-hydrogen) atoms. The zero-order chi connectivity index (χ0) is 18.2. The molecular formula is C17H32N2O5. The molecule has 0 radical (unpaired) electrons. The van der Waals surface area contributed by atoms with Crippen LogP contribution >= 0.6 is 0 Å². The smallest absolute Gasteiger partial charge is 0.328 e. The van der Waals surface area contributed by atoms with Crippen molar-refractivity contribution < 1.29 is 23.9 Å². The van der Waals surface area contributed by atoms with Gasteiger partial charge in [0.2, 0.25) is 0 Å². The summed E-state index contributed by atoms with van der Waals surface area (Å²) in [7, 11) is 0. The highest BCUT2D eigenvalue weighted by molar-refractivity contribution is 5.83. The maximum atomic E-state index is 11.8. The molecule has 0 fully saturated rings. The van der Waals surface area contributed by atoms with E-state index in [9.17, 15) is 14.4 Å². The summed E-state index contributed by atoms with van der Waals surface area (Å²) >= 11 is 0. The fourth-order valence-electron chi connectivity index (χ4n) is 2.12. The number of rotatable bonds is 13. The predicted octanol–water partition coefficient (Wildman–Crippen LogP) is 2.53. The van der Waals surface area contributed by atoms with Crippen LogP contribution in [0.1, 0.15) is 65.7 Å². The van der Waals surface area contributed by atoms with Crippen LogP contribution in [0.5, 0.6) is 0 Å². The van der Waals surface area contributed by atoms with Gasteiger partial charge in [0.05, 0.1) is 13.2 Å². The van der Waals surface area contributed by atoms with E-state index < -0.39 is 12.0 Å². The molecule has 1 atom stereocenters. The number of hydrogen-bond acceptors (Lipinski definition) is 5. The number of carbonyl (C=O) groups is 3. The van der Waals surface area contributed by atoms with Crippen LogP contribution in [0.2, 0.25) is 0 Å². The van der Waals surface area contributed by atoms with Crippen molar-refractivity contribution in [2.24, 2.45) is 0 Å². The summed E-state index contributed by atoms with van der Waals surface area (Å²) in [6, 6.07) is -0.969. The fraction of sp³-hybridized carbons (Fsp3) is 0.824. The second-order valence-electron chi connectivity index (χ2n) is 5.46. The lowest BCUT2D eigenvalue weighted by Gasteiger charge is -2.17. The van der Waals surface area contributed by atoms with Crippen LogP contribution in [0.4, 0.5) is 4.79 Å². The van der Waals surface area contributed by atoms with Crippen molar-refractivity contribution in [2.75, 3.05) is 19.8 Å². The van der Waals surface area contributed by atoms with Gasteiger partial charge < -0.3 is 20.1 Å². The molecule has 0 aliphatic rings. The standard InChI is InChI=1S/C17H32N2O5/c1-4-7-11-14(16(21)24-6-3)19-17(22)18-13-10-8-9-12-15(20)23-5-2/h14H,4-13H2,1-3H3,(H2,18,19,22). The van der Waals surface area contributed by atoms with Crippen LogP contribution in [0.3, 0.4) is 0 Å². The Kier molecular flexibility index (Phi) is 13.7. The third-order valence-electron chi connectivity index (χ3n) is 3.37. The molecule has 7 nitrogen and oxygen atoms in total. The Morgan fingerprint density at radius 3 is 2.25 bits per heavy atom. The average molecular weight is 344 g/mol. The summed E-state index contributed by atoms with van der Waals surface area (Å²) in [6.07, 6.45) is 5.10. The first-order valence-electron chi connectivity index (χ1n) is 8.91. The zero-order valence-electron chi connectivity index (χ0n) is 15.2. The van der Waals surface area contributed by atoms with Gasteiger partial charge in [-0.05, 0) is 33.1 Å². The SMILES string of the molecule is CCCCC(NC(=O)NCCCCCC(=O)OCC)C(=O)OCC. The Hall–Kier alpha value is -1.79. The highest BCUT2D eigenvalue weighted by Gasteiger charge is 2.21.